The van der Waals surface area contributed by atoms with Gasteiger partial charge in [0, 0.05) is 18.1 Å². The quantitative estimate of drug-likeness (QED) is 0.814. The van der Waals surface area contributed by atoms with Gasteiger partial charge >= 0.3 is 6.18 Å². The Hall–Kier alpha value is -0.870. The van der Waals surface area contributed by atoms with Gasteiger partial charge in [-0.05, 0) is 17.7 Å². The van der Waals surface area contributed by atoms with E-state index in [1.807, 2.05) is 0 Å². The molecule has 0 radical (unpaired) electrons. The maximum Gasteiger partial charge on any atom is 0.402 e. The van der Waals surface area contributed by atoms with Crippen LogP contribution in [0.1, 0.15) is 5.56 Å². The summed E-state index contributed by atoms with van der Waals surface area (Å²) < 4.78 is 61.8. The summed E-state index contributed by atoms with van der Waals surface area (Å²) in [4.78, 5) is -0.387. The summed E-state index contributed by atoms with van der Waals surface area (Å²) in [6.45, 7) is -3.02. The molecule has 0 saturated heterocycles. The van der Waals surface area contributed by atoms with Crippen LogP contribution >= 0.6 is 11.6 Å². The number of alkyl halides is 3. The molecule has 21 heavy (non-hydrogen) atoms. The molecule has 0 aliphatic heterocycles. The van der Waals surface area contributed by atoms with Crippen molar-refractivity contribution in [3.05, 3.63) is 28.8 Å². The van der Waals surface area contributed by atoms with Crippen LogP contribution < -0.4 is 5.73 Å². The summed E-state index contributed by atoms with van der Waals surface area (Å²) in [6, 6.07) is 3.50. The number of rotatable bonds is 6. The summed E-state index contributed by atoms with van der Waals surface area (Å²) in [5, 5.41) is 8.81. The highest BCUT2D eigenvalue weighted by molar-refractivity contribution is 7.89. The smallest absolute Gasteiger partial charge is 0.395 e. The molecule has 0 amide bonds. The summed E-state index contributed by atoms with van der Waals surface area (Å²) in [5.41, 5.74) is 5.85. The van der Waals surface area contributed by atoms with Crippen molar-refractivity contribution in [1.29, 1.82) is 0 Å². The molecule has 1 aromatic rings. The molecular weight excluding hydrogens is 333 g/mol. The number of nitrogens with zero attached hydrogens (tertiary/aromatic N) is 1. The molecule has 0 unspecified atom stereocenters. The Morgan fingerprint density at radius 3 is 2.38 bits per heavy atom. The van der Waals surface area contributed by atoms with Crippen LogP contribution in [0.2, 0.25) is 5.02 Å². The first-order chi connectivity index (χ1) is 9.61. The summed E-state index contributed by atoms with van der Waals surface area (Å²) >= 11 is 5.82. The average Bonchev–Trinajstić information content (AvgIpc) is 2.36. The van der Waals surface area contributed by atoms with Gasteiger partial charge in [-0.25, -0.2) is 8.42 Å². The monoisotopic (exact) mass is 346 g/mol. The molecule has 10 heteroatoms. The van der Waals surface area contributed by atoms with Gasteiger partial charge in [-0.1, -0.05) is 17.7 Å². The SMILES string of the molecule is NCc1ccc(S(=O)(=O)N(CCO)CC(F)(F)F)cc1Cl. The highest BCUT2D eigenvalue weighted by atomic mass is 35.5. The van der Waals surface area contributed by atoms with Crippen LogP contribution in [0.25, 0.3) is 0 Å². The van der Waals surface area contributed by atoms with Gasteiger partial charge < -0.3 is 10.8 Å². The van der Waals surface area contributed by atoms with Crippen molar-refractivity contribution in [3.63, 3.8) is 0 Å². The van der Waals surface area contributed by atoms with Gasteiger partial charge in [-0.2, -0.15) is 17.5 Å². The molecular formula is C11H14ClF3N2O3S. The zero-order chi connectivity index (χ0) is 16.3. The molecule has 0 saturated carbocycles. The molecule has 0 heterocycles. The number of nitrogens with two attached hydrogens (primary N) is 1. The van der Waals surface area contributed by atoms with E-state index < -0.39 is 35.9 Å². The zero-order valence-electron chi connectivity index (χ0n) is 10.8. The second kappa shape index (κ2) is 6.93. The van der Waals surface area contributed by atoms with Gasteiger partial charge in [-0.15, -0.1) is 0 Å². The lowest BCUT2D eigenvalue weighted by Crippen LogP contribution is -2.40. The lowest BCUT2D eigenvalue weighted by atomic mass is 10.2. The lowest BCUT2D eigenvalue weighted by Gasteiger charge is -2.22. The van der Waals surface area contributed by atoms with E-state index in [2.05, 4.69) is 0 Å². The van der Waals surface area contributed by atoms with Crippen LogP contribution in [0.15, 0.2) is 23.1 Å². The van der Waals surface area contributed by atoms with Crippen LogP contribution in [0, 0.1) is 0 Å². The largest absolute Gasteiger partial charge is 0.402 e. The molecule has 120 valence electrons. The van der Waals surface area contributed by atoms with Crippen LogP contribution in [-0.2, 0) is 16.6 Å². The lowest BCUT2D eigenvalue weighted by molar-refractivity contribution is -0.136. The number of aliphatic hydroxyl groups is 1. The molecule has 0 aromatic heterocycles. The fourth-order valence-corrected chi connectivity index (χ4v) is 3.36. The van der Waals surface area contributed by atoms with Crippen molar-refractivity contribution in [1.82, 2.24) is 4.31 Å². The fourth-order valence-electron chi connectivity index (χ4n) is 1.60. The standard InChI is InChI=1S/C11H14ClF3N2O3S/c12-10-5-9(2-1-8(10)6-16)21(19,20)17(3-4-18)7-11(13,14)15/h1-2,5,18H,3-4,6-7,16H2. The molecule has 0 spiro atoms. The van der Waals surface area contributed by atoms with Crippen LogP contribution in [0.4, 0.5) is 13.2 Å². The van der Waals surface area contributed by atoms with E-state index in [0.717, 1.165) is 12.1 Å². The first kappa shape index (κ1) is 18.2. The van der Waals surface area contributed by atoms with Crippen molar-refractivity contribution >= 4 is 21.6 Å². The number of hydrogen-bond donors (Lipinski definition) is 2. The Balaban J connectivity index is 3.19. The highest BCUT2D eigenvalue weighted by Crippen LogP contribution is 2.25. The van der Waals surface area contributed by atoms with Crippen LogP contribution in [-0.4, -0.2) is 43.7 Å². The maximum absolute atomic E-state index is 12.4. The number of sulfonamides is 1. The first-order valence-electron chi connectivity index (χ1n) is 5.78. The highest BCUT2D eigenvalue weighted by Gasteiger charge is 2.36. The Labute approximate surface area is 125 Å². The predicted octanol–water partition coefficient (Wildman–Crippen LogP) is 1.34. The van der Waals surface area contributed by atoms with Gasteiger partial charge in [0.1, 0.15) is 6.54 Å². The van der Waals surface area contributed by atoms with Gasteiger partial charge in [0.2, 0.25) is 10.0 Å². The Bertz CT molecular complexity index is 593. The van der Waals surface area contributed by atoms with Crippen molar-refractivity contribution in [2.75, 3.05) is 19.7 Å². The summed E-state index contributed by atoms with van der Waals surface area (Å²) in [5.74, 6) is 0. The minimum atomic E-state index is -4.72. The Morgan fingerprint density at radius 2 is 1.95 bits per heavy atom. The number of aliphatic hydroxyl groups excluding tert-OH is 1. The second-order valence-corrected chi connectivity index (χ2v) is 6.48. The van der Waals surface area contributed by atoms with E-state index >= 15 is 0 Å². The van der Waals surface area contributed by atoms with Crippen molar-refractivity contribution < 1.29 is 26.7 Å². The third kappa shape index (κ3) is 4.82. The second-order valence-electron chi connectivity index (χ2n) is 4.13. The van der Waals surface area contributed by atoms with Gasteiger partial charge in [0.25, 0.3) is 0 Å². The van der Waals surface area contributed by atoms with E-state index in [0.29, 0.717) is 5.56 Å². The molecule has 0 aliphatic rings. The van der Waals surface area contributed by atoms with E-state index in [9.17, 15) is 21.6 Å². The molecule has 3 N–H and O–H groups in total. The van der Waals surface area contributed by atoms with Gasteiger partial charge in [-0.3, -0.25) is 0 Å². The number of hydrogen-bond acceptors (Lipinski definition) is 4. The average molecular weight is 347 g/mol. The Morgan fingerprint density at radius 1 is 1.33 bits per heavy atom. The molecule has 0 aliphatic carbocycles. The topological polar surface area (TPSA) is 83.6 Å². The Kier molecular flexibility index (Phi) is 6.00. The number of halogens is 4. The predicted molar refractivity (Wildman–Crippen MR) is 71.2 cm³/mol. The summed E-state index contributed by atoms with van der Waals surface area (Å²) in [7, 11) is -4.42. The molecule has 1 aromatic carbocycles. The van der Waals surface area contributed by atoms with Crippen molar-refractivity contribution in [3.8, 4) is 0 Å². The molecule has 0 fully saturated rings. The molecule has 0 bridgehead atoms. The zero-order valence-corrected chi connectivity index (χ0v) is 12.3. The van der Waals surface area contributed by atoms with E-state index in [1.54, 1.807) is 0 Å². The minimum Gasteiger partial charge on any atom is -0.395 e. The van der Waals surface area contributed by atoms with Gasteiger partial charge in [0.05, 0.1) is 11.5 Å². The minimum absolute atomic E-state index is 0.0505. The van der Waals surface area contributed by atoms with Crippen molar-refractivity contribution in [2.45, 2.75) is 17.6 Å². The van der Waals surface area contributed by atoms with Gasteiger partial charge in [0.15, 0.2) is 0 Å². The maximum atomic E-state index is 12.4. The van der Waals surface area contributed by atoms with Crippen molar-refractivity contribution in [2.24, 2.45) is 5.73 Å². The normalized spacial score (nSPS) is 12.9. The third-order valence-corrected chi connectivity index (χ3v) is 4.78. The molecule has 5 nitrogen and oxygen atoms in total. The van der Waals surface area contributed by atoms with E-state index in [4.69, 9.17) is 22.4 Å². The molecule has 0 atom stereocenters. The van der Waals surface area contributed by atoms with Crippen LogP contribution in [0.3, 0.4) is 0 Å². The van der Waals surface area contributed by atoms with E-state index in [1.165, 1.54) is 6.07 Å². The fraction of sp³-hybridized carbons (Fsp3) is 0.455. The number of benzene rings is 1. The summed E-state index contributed by atoms with van der Waals surface area (Å²) in [6.07, 6.45) is -4.72. The first-order valence-corrected chi connectivity index (χ1v) is 7.60. The van der Waals surface area contributed by atoms with E-state index in [-0.39, 0.29) is 20.8 Å². The third-order valence-electron chi connectivity index (χ3n) is 2.59. The molecule has 1 rings (SSSR count). The van der Waals surface area contributed by atoms with Crippen LogP contribution in [0.5, 0.6) is 0 Å².